The number of aromatic amines is 1. The molecule has 0 aliphatic rings. The molecule has 0 radical (unpaired) electrons. The Labute approximate surface area is 218 Å². The summed E-state index contributed by atoms with van der Waals surface area (Å²) in [4.78, 5) is 37.5. The van der Waals surface area contributed by atoms with Crippen molar-refractivity contribution in [2.45, 2.75) is 6.42 Å². The van der Waals surface area contributed by atoms with Gasteiger partial charge in [-0.25, -0.2) is 9.97 Å². The number of ether oxygens (including phenoxy) is 1. The fourth-order valence-electron chi connectivity index (χ4n) is 3.17. The van der Waals surface area contributed by atoms with Gasteiger partial charge >= 0.3 is 0 Å². The van der Waals surface area contributed by atoms with Crippen LogP contribution in [-0.2, 0) is 6.42 Å². The molecular weight excluding hydrogens is 535 g/mol. The number of carbonyl (C=O) groups excluding carboxylic acids is 2. The van der Waals surface area contributed by atoms with Crippen LogP contribution in [0.5, 0.6) is 5.75 Å². The fourth-order valence-corrected chi connectivity index (χ4v) is 4.75. The molecule has 4 rings (SSSR count). The molecular formula is C22H17Cl3N6O3S. The first-order chi connectivity index (χ1) is 16.7. The first kappa shape index (κ1) is 24.8. The summed E-state index contributed by atoms with van der Waals surface area (Å²) in [7, 11) is 1.40. The first-order valence-corrected chi connectivity index (χ1v) is 11.9. The Bertz CT molecular complexity index is 1400. The summed E-state index contributed by atoms with van der Waals surface area (Å²) in [5.41, 5.74) is 7.20. The van der Waals surface area contributed by atoms with Crippen LogP contribution in [0, 0.1) is 0 Å². The summed E-state index contributed by atoms with van der Waals surface area (Å²) in [6, 6.07) is 6.02. The van der Waals surface area contributed by atoms with Gasteiger partial charge in [0.25, 0.3) is 11.8 Å². The molecule has 0 bridgehead atoms. The molecule has 9 nitrogen and oxygen atoms in total. The predicted octanol–water partition coefficient (Wildman–Crippen LogP) is 5.51. The van der Waals surface area contributed by atoms with E-state index in [2.05, 4.69) is 25.6 Å². The van der Waals surface area contributed by atoms with E-state index in [-0.39, 0.29) is 37.7 Å². The van der Waals surface area contributed by atoms with E-state index in [0.717, 1.165) is 11.3 Å². The molecule has 0 unspecified atom stereocenters. The number of hydrogen-bond donors (Lipinski definition) is 4. The van der Waals surface area contributed by atoms with Crippen molar-refractivity contribution in [2.75, 3.05) is 23.5 Å². The number of nitrogens with one attached hydrogen (secondary N) is 3. The number of pyridine rings is 1. The van der Waals surface area contributed by atoms with E-state index in [1.165, 1.54) is 25.4 Å². The Kier molecular flexibility index (Phi) is 7.46. The number of carbonyl (C=O) groups is 2. The second-order valence-electron chi connectivity index (χ2n) is 7.16. The first-order valence-electron chi connectivity index (χ1n) is 9.92. The van der Waals surface area contributed by atoms with Gasteiger partial charge in [0.05, 0.1) is 34.1 Å². The molecule has 3 heterocycles. The Balaban J connectivity index is 1.61. The van der Waals surface area contributed by atoms with Crippen LogP contribution >= 0.6 is 46.1 Å². The van der Waals surface area contributed by atoms with E-state index in [1.807, 2.05) is 0 Å². The van der Waals surface area contributed by atoms with Gasteiger partial charge in [0.2, 0.25) is 0 Å². The topological polar surface area (TPSA) is 135 Å². The molecule has 3 aromatic heterocycles. The van der Waals surface area contributed by atoms with Gasteiger partial charge in [0, 0.05) is 29.9 Å². The number of imidazole rings is 1. The molecule has 1 aromatic carbocycles. The number of aromatic nitrogens is 3. The van der Waals surface area contributed by atoms with Crippen LogP contribution in [0.1, 0.15) is 31.3 Å². The molecule has 0 aliphatic carbocycles. The van der Waals surface area contributed by atoms with Crippen LogP contribution in [0.25, 0.3) is 0 Å². The molecule has 5 N–H and O–H groups in total. The number of amides is 2. The Morgan fingerprint density at radius 2 is 1.94 bits per heavy atom. The number of H-pyrrole nitrogens is 1. The second-order valence-corrected chi connectivity index (χ2v) is 9.29. The van der Waals surface area contributed by atoms with Crippen LogP contribution < -0.4 is 21.1 Å². The number of hydrogen-bond acceptors (Lipinski definition) is 7. The van der Waals surface area contributed by atoms with Crippen molar-refractivity contribution < 1.29 is 14.3 Å². The molecule has 0 atom stereocenters. The van der Waals surface area contributed by atoms with Gasteiger partial charge in [0.15, 0.2) is 5.95 Å². The number of halogens is 3. The van der Waals surface area contributed by atoms with E-state index in [0.29, 0.717) is 28.6 Å². The number of methoxy groups -OCH3 is 1. The van der Waals surface area contributed by atoms with E-state index in [4.69, 9.17) is 45.3 Å². The Morgan fingerprint density at radius 3 is 2.60 bits per heavy atom. The zero-order valence-electron chi connectivity index (χ0n) is 18.0. The van der Waals surface area contributed by atoms with Gasteiger partial charge in [0.1, 0.15) is 16.4 Å². The van der Waals surface area contributed by atoms with E-state index >= 15 is 0 Å². The van der Waals surface area contributed by atoms with Gasteiger partial charge in [-0.3, -0.25) is 9.59 Å². The lowest BCUT2D eigenvalue weighted by Gasteiger charge is -2.15. The molecule has 180 valence electrons. The third kappa shape index (κ3) is 5.68. The highest BCUT2D eigenvalue weighted by molar-refractivity contribution is 7.13. The number of nitrogens with zero attached hydrogens (tertiary/aromatic N) is 2. The minimum absolute atomic E-state index is 0.0688. The standard InChI is InChI=1S/C22H17Cl3N6O3S/c1-34-15-6-12(24)5-14(20(32)30-16-3-2-11(23)7-27-16)18(15)31-21(33)19-17(25)10(9-35-19)4-13-8-28-22(26)29-13/h2-3,5-9H,4H2,1H3,(H,31,33)(H3,26,28,29)(H,27,30,32). The van der Waals surface area contributed by atoms with Crippen molar-refractivity contribution in [3.8, 4) is 5.75 Å². The van der Waals surface area contributed by atoms with Gasteiger partial charge in [-0.2, -0.15) is 0 Å². The minimum Gasteiger partial charge on any atom is -0.494 e. The van der Waals surface area contributed by atoms with Gasteiger partial charge < -0.3 is 26.1 Å². The second kappa shape index (κ2) is 10.5. The number of nitrogens with two attached hydrogens (primary N) is 1. The van der Waals surface area contributed by atoms with Crippen LogP contribution in [-0.4, -0.2) is 33.9 Å². The molecule has 0 aliphatic heterocycles. The largest absolute Gasteiger partial charge is 0.494 e. The lowest BCUT2D eigenvalue weighted by atomic mass is 10.1. The zero-order valence-corrected chi connectivity index (χ0v) is 21.1. The highest BCUT2D eigenvalue weighted by atomic mass is 35.5. The average Bonchev–Trinajstić information content (AvgIpc) is 3.41. The van der Waals surface area contributed by atoms with E-state index < -0.39 is 11.8 Å². The SMILES string of the molecule is COc1cc(Cl)cc(C(=O)Nc2ccc(Cl)cn2)c1NC(=O)c1scc(Cc2c[nH]c(N)n2)c1Cl. The average molecular weight is 552 g/mol. The summed E-state index contributed by atoms with van der Waals surface area (Å²) in [5.74, 6) is -0.337. The van der Waals surface area contributed by atoms with Crippen LogP contribution in [0.3, 0.4) is 0 Å². The van der Waals surface area contributed by atoms with Crippen LogP contribution in [0.2, 0.25) is 15.1 Å². The third-order valence-corrected chi connectivity index (χ3v) is 6.78. The molecule has 4 aromatic rings. The summed E-state index contributed by atoms with van der Waals surface area (Å²) < 4.78 is 5.37. The van der Waals surface area contributed by atoms with Gasteiger partial charge in [-0.15, -0.1) is 11.3 Å². The van der Waals surface area contributed by atoms with Gasteiger partial charge in [-0.1, -0.05) is 34.8 Å². The van der Waals surface area contributed by atoms with Crippen molar-refractivity contribution >= 4 is 75.4 Å². The normalized spacial score (nSPS) is 10.7. The highest BCUT2D eigenvalue weighted by Gasteiger charge is 2.23. The summed E-state index contributed by atoms with van der Waals surface area (Å²) in [6.07, 6.45) is 3.45. The van der Waals surface area contributed by atoms with E-state index in [9.17, 15) is 9.59 Å². The monoisotopic (exact) mass is 550 g/mol. The number of rotatable bonds is 7. The number of anilines is 3. The smallest absolute Gasteiger partial charge is 0.267 e. The predicted molar refractivity (Wildman–Crippen MR) is 138 cm³/mol. The molecule has 13 heteroatoms. The molecule has 0 spiro atoms. The lowest BCUT2D eigenvalue weighted by Crippen LogP contribution is -2.19. The van der Waals surface area contributed by atoms with E-state index in [1.54, 1.807) is 23.7 Å². The zero-order chi connectivity index (χ0) is 25.1. The van der Waals surface area contributed by atoms with Crippen molar-refractivity contribution in [1.29, 1.82) is 0 Å². The van der Waals surface area contributed by atoms with Crippen molar-refractivity contribution in [2.24, 2.45) is 0 Å². The van der Waals surface area contributed by atoms with Crippen LogP contribution in [0.15, 0.2) is 42.0 Å². The molecule has 0 fully saturated rings. The maximum Gasteiger partial charge on any atom is 0.267 e. The minimum atomic E-state index is -0.565. The number of benzene rings is 1. The highest BCUT2D eigenvalue weighted by Crippen LogP contribution is 2.35. The Morgan fingerprint density at radius 1 is 1.14 bits per heavy atom. The third-order valence-electron chi connectivity index (χ3n) is 4.77. The maximum absolute atomic E-state index is 13.2. The number of thiophene rings is 1. The molecule has 0 saturated heterocycles. The quantitative estimate of drug-likeness (QED) is 0.239. The lowest BCUT2D eigenvalue weighted by molar-refractivity contribution is 0.102. The fraction of sp³-hybridized carbons (Fsp3) is 0.0909. The van der Waals surface area contributed by atoms with Crippen LogP contribution in [0.4, 0.5) is 17.5 Å². The van der Waals surface area contributed by atoms with Crippen molar-refractivity contribution in [3.63, 3.8) is 0 Å². The summed E-state index contributed by atoms with van der Waals surface area (Å²) in [5, 5.41) is 8.08. The van der Waals surface area contributed by atoms with Gasteiger partial charge in [-0.05, 0) is 29.1 Å². The summed E-state index contributed by atoms with van der Waals surface area (Å²) >= 11 is 19.7. The molecule has 2 amide bonds. The number of nitrogen functional groups attached to an aromatic ring is 1. The Hall–Kier alpha value is -3.31. The van der Waals surface area contributed by atoms with Crippen molar-refractivity contribution in [3.05, 3.63) is 78.8 Å². The summed E-state index contributed by atoms with van der Waals surface area (Å²) in [6.45, 7) is 0. The molecule has 35 heavy (non-hydrogen) atoms. The van der Waals surface area contributed by atoms with Crippen molar-refractivity contribution in [1.82, 2.24) is 15.0 Å². The maximum atomic E-state index is 13.2. The molecule has 0 saturated carbocycles.